The molecule has 0 aromatic carbocycles. The average Bonchev–Trinajstić information content (AvgIpc) is 2.51. The lowest BCUT2D eigenvalue weighted by Crippen LogP contribution is -2.26. The van der Waals surface area contributed by atoms with Gasteiger partial charge in [0.1, 0.15) is 12.6 Å². The Labute approximate surface area is 76.2 Å². The molecule has 13 heavy (non-hydrogen) atoms. The number of hydrogen-bond acceptors (Lipinski definition) is 3. The lowest BCUT2D eigenvalue weighted by atomic mass is 10.5. The Bertz CT molecular complexity index is 347. The van der Waals surface area contributed by atoms with Crippen molar-refractivity contribution in [2.45, 2.75) is 6.54 Å². The van der Waals surface area contributed by atoms with Crippen LogP contribution in [0.4, 0.5) is 0 Å². The molecule has 0 aliphatic heterocycles. The van der Waals surface area contributed by atoms with Crippen LogP contribution in [0.3, 0.4) is 0 Å². The van der Waals surface area contributed by atoms with Gasteiger partial charge in [-0.1, -0.05) is 0 Å². The van der Waals surface area contributed by atoms with E-state index in [-0.39, 0.29) is 18.3 Å². The zero-order chi connectivity index (χ0) is 9.84. The van der Waals surface area contributed by atoms with Crippen LogP contribution in [-0.2, 0) is 11.3 Å². The Balaban J connectivity index is 2.76. The third-order valence-electron chi connectivity index (χ3n) is 1.62. The Morgan fingerprint density at radius 1 is 1.77 bits per heavy atom. The van der Waals surface area contributed by atoms with Gasteiger partial charge in [0.25, 0.3) is 0 Å². The minimum absolute atomic E-state index is 0.0606. The van der Waals surface area contributed by atoms with Crippen molar-refractivity contribution < 1.29 is 4.79 Å². The van der Waals surface area contributed by atoms with Gasteiger partial charge in [0, 0.05) is 26.5 Å². The molecule has 0 atom stereocenters. The maximum atomic E-state index is 11.2. The summed E-state index contributed by atoms with van der Waals surface area (Å²) < 4.78 is 1.52. The molecule has 0 fully saturated rings. The first kappa shape index (κ1) is 9.26. The van der Waals surface area contributed by atoms with Crippen molar-refractivity contribution in [1.29, 1.82) is 5.26 Å². The van der Waals surface area contributed by atoms with E-state index in [0.717, 1.165) is 0 Å². The first-order valence-electron chi connectivity index (χ1n) is 3.76. The van der Waals surface area contributed by atoms with Gasteiger partial charge in [0.05, 0.1) is 0 Å². The van der Waals surface area contributed by atoms with E-state index in [4.69, 9.17) is 5.26 Å². The summed E-state index contributed by atoms with van der Waals surface area (Å²) in [6.45, 7) is 0.163. The molecule has 0 spiro atoms. The molecular formula is C8H10N4O. The highest BCUT2D eigenvalue weighted by atomic mass is 16.2. The highest BCUT2D eigenvalue weighted by Crippen LogP contribution is 1.96. The predicted octanol–water partition coefficient (Wildman–Crippen LogP) is -0.157. The topological polar surface area (TPSA) is 61.9 Å². The van der Waals surface area contributed by atoms with Gasteiger partial charge < -0.3 is 9.47 Å². The molecule has 0 aliphatic carbocycles. The molecule has 0 bridgehead atoms. The van der Waals surface area contributed by atoms with Crippen LogP contribution in [0.1, 0.15) is 5.82 Å². The maximum Gasteiger partial charge on any atom is 0.242 e. The van der Waals surface area contributed by atoms with Crippen molar-refractivity contribution in [1.82, 2.24) is 14.5 Å². The summed E-state index contributed by atoms with van der Waals surface area (Å²) in [6, 6.07) is 1.90. The molecule has 1 heterocycles. The van der Waals surface area contributed by atoms with E-state index in [0.29, 0.717) is 0 Å². The molecule has 1 rings (SSSR count). The third kappa shape index (κ3) is 2.06. The van der Waals surface area contributed by atoms with Gasteiger partial charge in [0.2, 0.25) is 11.7 Å². The standard InChI is InChI=1S/C8H10N4O/c1-11(2)8(13)6-12-4-3-10-7(12)5-9/h3-4H,6H2,1-2H3. The first-order valence-corrected chi connectivity index (χ1v) is 3.76. The van der Waals surface area contributed by atoms with Gasteiger partial charge in [-0.05, 0) is 0 Å². The second kappa shape index (κ2) is 3.72. The van der Waals surface area contributed by atoms with E-state index in [1.54, 1.807) is 20.3 Å². The van der Waals surface area contributed by atoms with Gasteiger partial charge in [0.15, 0.2) is 0 Å². The van der Waals surface area contributed by atoms with Crippen molar-refractivity contribution in [2.24, 2.45) is 0 Å². The number of hydrogen-bond donors (Lipinski definition) is 0. The van der Waals surface area contributed by atoms with E-state index >= 15 is 0 Å². The molecule has 0 N–H and O–H groups in total. The highest BCUT2D eigenvalue weighted by molar-refractivity contribution is 5.75. The Hall–Kier alpha value is -1.83. The molecule has 1 amide bonds. The number of carbonyl (C=O) groups excluding carboxylic acids is 1. The molecule has 0 unspecified atom stereocenters. The van der Waals surface area contributed by atoms with Crippen molar-refractivity contribution in [2.75, 3.05) is 14.1 Å². The zero-order valence-corrected chi connectivity index (χ0v) is 7.56. The van der Waals surface area contributed by atoms with Crippen LogP contribution in [0, 0.1) is 11.3 Å². The summed E-state index contributed by atoms with van der Waals surface area (Å²) in [5.74, 6) is 0.199. The lowest BCUT2D eigenvalue weighted by molar-refractivity contribution is -0.129. The number of aromatic nitrogens is 2. The van der Waals surface area contributed by atoms with Crippen LogP contribution in [0.25, 0.3) is 0 Å². The molecule has 68 valence electrons. The van der Waals surface area contributed by atoms with E-state index < -0.39 is 0 Å². The number of nitriles is 1. The predicted molar refractivity (Wildman–Crippen MR) is 45.6 cm³/mol. The third-order valence-corrected chi connectivity index (χ3v) is 1.62. The van der Waals surface area contributed by atoms with Crippen molar-refractivity contribution in [3.63, 3.8) is 0 Å². The summed E-state index contributed by atoms with van der Waals surface area (Å²) in [5, 5.41) is 8.60. The molecular weight excluding hydrogens is 168 g/mol. The smallest absolute Gasteiger partial charge is 0.242 e. The van der Waals surface area contributed by atoms with Crippen molar-refractivity contribution in [3.05, 3.63) is 18.2 Å². The Kier molecular flexibility index (Phi) is 2.65. The fourth-order valence-electron chi connectivity index (χ4n) is 0.837. The van der Waals surface area contributed by atoms with Crippen LogP contribution >= 0.6 is 0 Å². The van der Waals surface area contributed by atoms with Crippen LogP contribution in [0.2, 0.25) is 0 Å². The van der Waals surface area contributed by atoms with Gasteiger partial charge in [-0.2, -0.15) is 5.26 Å². The lowest BCUT2D eigenvalue weighted by Gasteiger charge is -2.10. The van der Waals surface area contributed by atoms with E-state index in [9.17, 15) is 4.79 Å². The quantitative estimate of drug-likeness (QED) is 0.632. The Morgan fingerprint density at radius 3 is 3.00 bits per heavy atom. The van der Waals surface area contributed by atoms with E-state index in [2.05, 4.69) is 4.98 Å². The number of likely N-dealkylation sites (N-methyl/N-ethyl adjacent to an activating group) is 1. The SMILES string of the molecule is CN(C)C(=O)Cn1ccnc1C#N. The number of imidazole rings is 1. The summed E-state index contributed by atoms with van der Waals surface area (Å²) in [4.78, 5) is 16.5. The number of nitrogens with zero attached hydrogens (tertiary/aromatic N) is 4. The second-order valence-electron chi connectivity index (χ2n) is 2.78. The summed E-state index contributed by atoms with van der Waals surface area (Å²) in [6.07, 6.45) is 3.11. The largest absolute Gasteiger partial charge is 0.347 e. The summed E-state index contributed by atoms with van der Waals surface area (Å²) in [5.41, 5.74) is 0. The van der Waals surface area contributed by atoms with Crippen molar-refractivity contribution >= 4 is 5.91 Å². The van der Waals surface area contributed by atoms with Gasteiger partial charge in [-0.3, -0.25) is 4.79 Å². The number of carbonyl (C=O) groups is 1. The van der Waals surface area contributed by atoms with Crippen LogP contribution in [-0.4, -0.2) is 34.5 Å². The minimum atomic E-state index is -0.0606. The molecule has 1 aromatic rings. The highest BCUT2D eigenvalue weighted by Gasteiger charge is 2.07. The Morgan fingerprint density at radius 2 is 2.46 bits per heavy atom. The molecule has 5 heteroatoms. The summed E-state index contributed by atoms with van der Waals surface area (Å²) in [7, 11) is 3.34. The van der Waals surface area contributed by atoms with Gasteiger partial charge in [-0.25, -0.2) is 4.98 Å². The fourth-order valence-corrected chi connectivity index (χ4v) is 0.837. The molecule has 0 saturated carbocycles. The monoisotopic (exact) mass is 178 g/mol. The summed E-state index contributed by atoms with van der Waals surface area (Å²) >= 11 is 0. The number of amides is 1. The van der Waals surface area contributed by atoms with Crippen LogP contribution < -0.4 is 0 Å². The normalized spacial score (nSPS) is 9.31. The molecule has 0 saturated heterocycles. The fraction of sp³-hybridized carbons (Fsp3) is 0.375. The van der Waals surface area contributed by atoms with E-state index in [1.807, 2.05) is 6.07 Å². The molecule has 5 nitrogen and oxygen atoms in total. The minimum Gasteiger partial charge on any atom is -0.347 e. The average molecular weight is 178 g/mol. The van der Waals surface area contributed by atoms with Crippen LogP contribution in [0.15, 0.2) is 12.4 Å². The van der Waals surface area contributed by atoms with Crippen molar-refractivity contribution in [3.8, 4) is 6.07 Å². The van der Waals surface area contributed by atoms with E-state index in [1.165, 1.54) is 15.7 Å². The molecule has 1 aromatic heterocycles. The maximum absolute atomic E-state index is 11.2. The van der Waals surface area contributed by atoms with Crippen LogP contribution in [0.5, 0.6) is 0 Å². The molecule has 0 radical (unpaired) electrons. The van der Waals surface area contributed by atoms with Gasteiger partial charge in [-0.15, -0.1) is 0 Å². The second-order valence-corrected chi connectivity index (χ2v) is 2.78. The number of rotatable bonds is 2. The first-order chi connectivity index (χ1) is 6.15. The van der Waals surface area contributed by atoms with Gasteiger partial charge >= 0.3 is 0 Å². The zero-order valence-electron chi connectivity index (χ0n) is 7.56. The molecule has 0 aliphatic rings.